The van der Waals surface area contributed by atoms with E-state index in [4.69, 9.17) is 5.73 Å². The molecule has 1 fully saturated rings. The molecule has 0 amide bonds. The number of rotatable bonds is 3. The lowest BCUT2D eigenvalue weighted by Crippen LogP contribution is -2.43. The van der Waals surface area contributed by atoms with E-state index < -0.39 is 0 Å². The molecule has 0 aromatic carbocycles. The summed E-state index contributed by atoms with van der Waals surface area (Å²) in [5, 5.41) is 0. The molecule has 1 rings (SSSR count). The van der Waals surface area contributed by atoms with Crippen molar-refractivity contribution in [2.24, 2.45) is 11.7 Å². The molecule has 2 heteroatoms. The van der Waals surface area contributed by atoms with Crippen molar-refractivity contribution in [3.63, 3.8) is 0 Å². The Morgan fingerprint density at radius 1 is 1.31 bits per heavy atom. The Balaban J connectivity index is 2.30. The number of hydrogen-bond acceptors (Lipinski definition) is 2. The Hall–Kier alpha value is -0.0800. The average Bonchev–Trinajstić information content (AvgIpc) is 2.17. The summed E-state index contributed by atoms with van der Waals surface area (Å²) >= 11 is 0. The second kappa shape index (κ2) is 4.97. The molecule has 0 bridgehead atoms. The second-order valence-electron chi connectivity index (χ2n) is 4.49. The lowest BCUT2D eigenvalue weighted by Gasteiger charge is -2.37. The van der Waals surface area contributed by atoms with Crippen LogP contribution in [0.5, 0.6) is 0 Å². The zero-order chi connectivity index (χ0) is 9.84. The first-order chi connectivity index (χ1) is 6.15. The average molecular weight is 184 g/mol. The largest absolute Gasteiger partial charge is 0.328 e. The van der Waals surface area contributed by atoms with Gasteiger partial charge in [0.2, 0.25) is 0 Å². The first-order valence-electron chi connectivity index (χ1n) is 5.64. The third-order valence-electron chi connectivity index (χ3n) is 3.53. The molecular formula is C11H24N2. The maximum Gasteiger partial charge on any atom is 0.00643 e. The molecule has 2 N–H and O–H groups in total. The molecule has 13 heavy (non-hydrogen) atoms. The van der Waals surface area contributed by atoms with Gasteiger partial charge < -0.3 is 10.6 Å². The van der Waals surface area contributed by atoms with Crippen LogP contribution in [0.2, 0.25) is 0 Å². The molecule has 0 saturated carbocycles. The van der Waals surface area contributed by atoms with Crippen LogP contribution in [0.3, 0.4) is 0 Å². The fourth-order valence-electron chi connectivity index (χ4n) is 2.14. The van der Waals surface area contributed by atoms with E-state index in [2.05, 4.69) is 25.7 Å². The first kappa shape index (κ1) is 11.0. The van der Waals surface area contributed by atoms with Gasteiger partial charge in [-0.25, -0.2) is 0 Å². The highest BCUT2D eigenvalue weighted by molar-refractivity contribution is 4.79. The zero-order valence-electron chi connectivity index (χ0n) is 9.29. The Kier molecular flexibility index (Phi) is 4.20. The van der Waals surface area contributed by atoms with Crippen LogP contribution in [-0.4, -0.2) is 30.1 Å². The van der Waals surface area contributed by atoms with Gasteiger partial charge >= 0.3 is 0 Å². The summed E-state index contributed by atoms with van der Waals surface area (Å²) in [5.74, 6) is 0.764. The maximum absolute atomic E-state index is 5.90. The van der Waals surface area contributed by atoms with Gasteiger partial charge in [0.05, 0.1) is 0 Å². The van der Waals surface area contributed by atoms with Gasteiger partial charge in [-0.3, -0.25) is 0 Å². The normalized spacial score (nSPS) is 25.8. The van der Waals surface area contributed by atoms with Crippen LogP contribution in [0.1, 0.15) is 40.0 Å². The molecule has 0 aromatic rings. The van der Waals surface area contributed by atoms with Gasteiger partial charge in [0, 0.05) is 12.1 Å². The smallest absolute Gasteiger partial charge is 0.00643 e. The van der Waals surface area contributed by atoms with Crippen molar-refractivity contribution in [2.75, 3.05) is 13.1 Å². The van der Waals surface area contributed by atoms with Gasteiger partial charge in [0.25, 0.3) is 0 Å². The van der Waals surface area contributed by atoms with Gasteiger partial charge in [0.15, 0.2) is 0 Å². The summed E-state index contributed by atoms with van der Waals surface area (Å²) in [7, 11) is 0. The quantitative estimate of drug-likeness (QED) is 0.725. The van der Waals surface area contributed by atoms with Crippen LogP contribution in [0.25, 0.3) is 0 Å². The Morgan fingerprint density at radius 3 is 2.23 bits per heavy atom. The molecule has 0 spiro atoms. The molecular weight excluding hydrogens is 160 g/mol. The van der Waals surface area contributed by atoms with E-state index in [-0.39, 0.29) is 0 Å². The van der Waals surface area contributed by atoms with Gasteiger partial charge in [-0.1, -0.05) is 6.92 Å². The van der Waals surface area contributed by atoms with E-state index in [9.17, 15) is 0 Å². The minimum absolute atomic E-state index is 0.388. The summed E-state index contributed by atoms with van der Waals surface area (Å²) in [4.78, 5) is 2.60. The Bertz CT molecular complexity index is 137. The van der Waals surface area contributed by atoms with Crippen molar-refractivity contribution in [1.29, 1.82) is 0 Å². The van der Waals surface area contributed by atoms with E-state index in [1.54, 1.807) is 0 Å². The summed E-state index contributed by atoms with van der Waals surface area (Å²) in [6.45, 7) is 9.24. The maximum atomic E-state index is 5.90. The van der Waals surface area contributed by atoms with Crippen LogP contribution < -0.4 is 5.73 Å². The molecule has 1 saturated heterocycles. The topological polar surface area (TPSA) is 29.3 Å². The zero-order valence-corrected chi connectivity index (χ0v) is 9.29. The number of hydrogen-bond donors (Lipinski definition) is 1. The summed E-state index contributed by atoms with van der Waals surface area (Å²) in [5.41, 5.74) is 5.90. The monoisotopic (exact) mass is 184 g/mol. The SMILES string of the molecule is CCC(C)N1CCC(C(C)N)CC1. The second-order valence-corrected chi connectivity index (χ2v) is 4.49. The number of piperidine rings is 1. The standard InChI is InChI=1S/C11H24N2/c1-4-9(2)13-7-5-11(6-8-13)10(3)12/h9-11H,4-8,12H2,1-3H3. The van der Waals surface area contributed by atoms with Crippen LogP contribution in [0, 0.1) is 5.92 Å². The molecule has 0 aromatic heterocycles. The molecule has 1 aliphatic heterocycles. The van der Waals surface area contributed by atoms with Crippen molar-refractivity contribution in [3.05, 3.63) is 0 Å². The molecule has 1 heterocycles. The molecule has 2 atom stereocenters. The van der Waals surface area contributed by atoms with E-state index in [0.717, 1.165) is 12.0 Å². The molecule has 0 radical (unpaired) electrons. The third kappa shape index (κ3) is 2.96. The molecule has 1 aliphatic rings. The van der Waals surface area contributed by atoms with Crippen molar-refractivity contribution in [3.8, 4) is 0 Å². The van der Waals surface area contributed by atoms with Gasteiger partial charge in [-0.2, -0.15) is 0 Å². The minimum atomic E-state index is 0.388. The lowest BCUT2D eigenvalue weighted by atomic mass is 9.90. The third-order valence-corrected chi connectivity index (χ3v) is 3.53. The fourth-order valence-corrected chi connectivity index (χ4v) is 2.14. The van der Waals surface area contributed by atoms with Crippen LogP contribution in [0.15, 0.2) is 0 Å². The summed E-state index contributed by atoms with van der Waals surface area (Å²) < 4.78 is 0. The van der Waals surface area contributed by atoms with Crippen LogP contribution in [0.4, 0.5) is 0 Å². The summed E-state index contributed by atoms with van der Waals surface area (Å²) in [6.07, 6.45) is 3.85. The van der Waals surface area contributed by atoms with Crippen molar-refractivity contribution >= 4 is 0 Å². The lowest BCUT2D eigenvalue weighted by molar-refractivity contribution is 0.130. The highest BCUT2D eigenvalue weighted by Crippen LogP contribution is 2.21. The predicted octanol–water partition coefficient (Wildman–Crippen LogP) is 1.84. The fraction of sp³-hybridized carbons (Fsp3) is 1.00. The summed E-state index contributed by atoms with van der Waals surface area (Å²) in [6, 6.07) is 1.15. The van der Waals surface area contributed by atoms with Crippen LogP contribution >= 0.6 is 0 Å². The predicted molar refractivity (Wildman–Crippen MR) is 57.7 cm³/mol. The van der Waals surface area contributed by atoms with E-state index >= 15 is 0 Å². The highest BCUT2D eigenvalue weighted by atomic mass is 15.2. The number of likely N-dealkylation sites (tertiary alicyclic amines) is 1. The highest BCUT2D eigenvalue weighted by Gasteiger charge is 2.23. The van der Waals surface area contributed by atoms with E-state index in [0.29, 0.717) is 6.04 Å². The van der Waals surface area contributed by atoms with Gasteiger partial charge in [0.1, 0.15) is 0 Å². The molecule has 2 unspecified atom stereocenters. The molecule has 2 nitrogen and oxygen atoms in total. The Labute approximate surface area is 82.5 Å². The number of nitrogens with zero attached hydrogens (tertiary/aromatic N) is 1. The van der Waals surface area contributed by atoms with Gasteiger partial charge in [-0.15, -0.1) is 0 Å². The van der Waals surface area contributed by atoms with Crippen LogP contribution in [-0.2, 0) is 0 Å². The van der Waals surface area contributed by atoms with E-state index in [1.165, 1.54) is 32.4 Å². The molecule has 0 aliphatic carbocycles. The van der Waals surface area contributed by atoms with Crippen molar-refractivity contribution in [1.82, 2.24) is 4.90 Å². The van der Waals surface area contributed by atoms with Gasteiger partial charge in [-0.05, 0) is 52.1 Å². The first-order valence-corrected chi connectivity index (χ1v) is 5.64. The number of nitrogens with two attached hydrogens (primary N) is 1. The molecule has 78 valence electrons. The minimum Gasteiger partial charge on any atom is -0.328 e. The van der Waals surface area contributed by atoms with Crippen molar-refractivity contribution < 1.29 is 0 Å². The Morgan fingerprint density at radius 2 is 1.85 bits per heavy atom. The van der Waals surface area contributed by atoms with Crippen molar-refractivity contribution in [2.45, 2.75) is 52.1 Å². The van der Waals surface area contributed by atoms with E-state index in [1.807, 2.05) is 0 Å².